The topological polar surface area (TPSA) is 18.5 Å². The molecule has 2 aromatic rings. The molecule has 0 aliphatic heterocycles. The van der Waals surface area contributed by atoms with Crippen molar-refractivity contribution < 1.29 is 44.0 Å². The zero-order valence-corrected chi connectivity index (χ0v) is 17.9. The van der Waals surface area contributed by atoms with Gasteiger partial charge in [0.1, 0.15) is 0 Å². The summed E-state index contributed by atoms with van der Waals surface area (Å²) < 4.78 is 91.4. The molecule has 158 valence electrons. The second-order valence-electron chi connectivity index (χ2n) is 4.46. The van der Waals surface area contributed by atoms with E-state index in [1.54, 1.807) is 14.2 Å². The van der Waals surface area contributed by atoms with E-state index in [9.17, 15) is 34.5 Å². The van der Waals surface area contributed by atoms with E-state index >= 15 is 0 Å². The quantitative estimate of drug-likeness (QED) is 0.423. The molecule has 0 amide bonds. The smallest absolute Gasteiger partial charge is 0.418 e. The Morgan fingerprint density at radius 1 is 0.571 bits per heavy atom. The van der Waals surface area contributed by atoms with Crippen molar-refractivity contribution in [2.24, 2.45) is 0 Å². The average Bonchev–Trinajstić information content (AvgIpc) is 2.57. The van der Waals surface area contributed by atoms with Gasteiger partial charge in [-0.15, -0.1) is 0 Å². The number of ether oxygens (including phenoxy) is 2. The molecule has 0 saturated carbocycles. The van der Waals surface area contributed by atoms with Gasteiger partial charge in [0.05, 0.1) is 0 Å². The molecule has 0 saturated heterocycles. The Bertz CT molecular complexity index is 630. The molecule has 0 aromatic heterocycles. The van der Waals surface area contributed by atoms with E-state index in [-0.39, 0.29) is 0 Å². The average molecular weight is 546 g/mol. The molecule has 2 nitrogen and oxygen atoms in total. The van der Waals surface area contributed by atoms with Crippen molar-refractivity contribution in [3.63, 3.8) is 0 Å². The molecule has 0 heterocycles. The van der Waals surface area contributed by atoms with Crippen LogP contribution >= 0.6 is 0 Å². The molecule has 0 fully saturated rings. The third kappa shape index (κ3) is 15.7. The minimum absolute atomic E-state index is 0.411. The van der Waals surface area contributed by atoms with Crippen molar-refractivity contribution in [2.45, 2.75) is 0 Å². The van der Waals surface area contributed by atoms with Crippen molar-refractivity contribution in [3.8, 4) is 11.5 Å². The normalized spacial score (nSPS) is 10.8. The van der Waals surface area contributed by atoms with Gasteiger partial charge in [0.2, 0.25) is 0 Å². The van der Waals surface area contributed by atoms with E-state index in [1.165, 1.54) is 8.92 Å². The number of para-hydroxylation sites is 2. The summed E-state index contributed by atoms with van der Waals surface area (Å²) in [4.78, 5) is 0. The van der Waals surface area contributed by atoms with Crippen LogP contribution in [0.25, 0.3) is 0 Å². The van der Waals surface area contributed by atoms with Crippen LogP contribution in [0.4, 0.5) is 34.5 Å². The Morgan fingerprint density at radius 3 is 1.07 bits per heavy atom. The van der Waals surface area contributed by atoms with Gasteiger partial charge in [-0.3, -0.25) is 0 Å². The van der Waals surface area contributed by atoms with Gasteiger partial charge in [-0.2, -0.15) is 0 Å². The molecule has 28 heavy (non-hydrogen) atoms. The summed E-state index contributed by atoms with van der Waals surface area (Å²) >= 11 is 0.822. The summed E-state index contributed by atoms with van der Waals surface area (Å²) in [5.74, 6) is 1.99. The van der Waals surface area contributed by atoms with E-state index < -0.39 is 14.5 Å². The minimum Gasteiger partial charge on any atom is -0.418 e. The number of halogens is 8. The molecule has 0 spiro atoms. The molecular weight excluding hydrogens is 532 g/mol. The summed E-state index contributed by atoms with van der Waals surface area (Å²) in [6, 6.07) is 16.5. The summed E-state index contributed by atoms with van der Waals surface area (Å²) in [6.07, 6.45) is 0. The third-order valence-electron chi connectivity index (χ3n) is 2.36. The minimum atomic E-state index is -6.00. The molecule has 0 bridgehead atoms. The van der Waals surface area contributed by atoms with E-state index in [2.05, 4.69) is 24.3 Å². The van der Waals surface area contributed by atoms with Crippen LogP contribution in [0.3, 0.4) is 0 Å². The van der Waals surface area contributed by atoms with Crippen LogP contribution in [0.1, 0.15) is 0 Å². The molecule has 2 aromatic carbocycles. The molecule has 0 atom stereocenters. The van der Waals surface area contributed by atoms with Crippen LogP contribution in [-0.4, -0.2) is 55.0 Å². The maximum Gasteiger partial charge on any atom is 0.673 e. The van der Waals surface area contributed by atoms with Gasteiger partial charge in [0, 0.05) is 0 Å². The number of benzene rings is 2. The third-order valence-corrected chi connectivity index (χ3v) is 9.53. The SMILES string of the molecule is COc1ccccc1[Se][Se]c1ccccc1OC.F[B-](F)(F)F.F[B-](F)(F)F. The molecule has 0 unspecified atom stereocenters. The van der Waals surface area contributed by atoms with Crippen molar-refractivity contribution in [2.75, 3.05) is 14.2 Å². The van der Waals surface area contributed by atoms with Crippen LogP contribution in [0.5, 0.6) is 11.5 Å². The zero-order valence-electron chi connectivity index (χ0n) is 14.4. The van der Waals surface area contributed by atoms with Gasteiger partial charge < -0.3 is 34.5 Å². The predicted octanol–water partition coefficient (Wildman–Crippen LogP) is 3.58. The summed E-state index contributed by atoms with van der Waals surface area (Å²) in [5, 5.41) is 0. The zero-order chi connectivity index (χ0) is 21.8. The number of methoxy groups -OCH3 is 2. The maximum atomic E-state index is 9.75. The van der Waals surface area contributed by atoms with Gasteiger partial charge in [0.25, 0.3) is 0 Å². The first kappa shape index (κ1) is 26.6. The van der Waals surface area contributed by atoms with Crippen LogP contribution < -0.4 is 18.4 Å². The van der Waals surface area contributed by atoms with E-state index in [0.29, 0.717) is 26.3 Å². The van der Waals surface area contributed by atoms with Crippen molar-refractivity contribution >= 4 is 49.7 Å². The Labute approximate surface area is 168 Å². The Hall–Kier alpha value is -1.35. The van der Waals surface area contributed by atoms with Crippen molar-refractivity contribution in [1.29, 1.82) is 0 Å². The molecule has 0 aliphatic carbocycles. The van der Waals surface area contributed by atoms with E-state index in [1.807, 2.05) is 24.3 Å². The second kappa shape index (κ2) is 13.0. The number of hydrogen-bond donors (Lipinski definition) is 0. The van der Waals surface area contributed by atoms with E-state index in [4.69, 9.17) is 9.47 Å². The molecule has 2 rings (SSSR count). The van der Waals surface area contributed by atoms with Crippen LogP contribution in [0.15, 0.2) is 48.5 Å². The second-order valence-corrected chi connectivity index (χ2v) is 10.6. The molecule has 0 radical (unpaired) electrons. The fourth-order valence-electron chi connectivity index (χ4n) is 1.47. The summed E-state index contributed by atoms with van der Waals surface area (Å²) in [7, 11) is -8.55. The van der Waals surface area contributed by atoms with Crippen molar-refractivity contribution in [1.82, 2.24) is 0 Å². The van der Waals surface area contributed by atoms with Crippen LogP contribution in [0, 0.1) is 0 Å². The van der Waals surface area contributed by atoms with Crippen molar-refractivity contribution in [3.05, 3.63) is 48.5 Å². The standard InChI is InChI=1S/C14H14O2Se2.2BF4/c1-15-11-7-3-5-9-13(11)17-18-14-10-6-4-8-12(14)16-2;2*2-1(3,4)5/h3-10H,1-2H3;;/q;2*-1. The van der Waals surface area contributed by atoms with Crippen LogP contribution in [-0.2, 0) is 0 Å². The number of hydrogen-bond acceptors (Lipinski definition) is 2. The van der Waals surface area contributed by atoms with Gasteiger partial charge in [-0.05, 0) is 0 Å². The molecular formula is C14H14B2F8O2Se2-2. The maximum absolute atomic E-state index is 9.75. The van der Waals surface area contributed by atoms with E-state index in [0.717, 1.165) is 11.5 Å². The Balaban J connectivity index is 0.000000607. The fraction of sp³-hybridized carbons (Fsp3) is 0.143. The van der Waals surface area contributed by atoms with Gasteiger partial charge >= 0.3 is 133 Å². The predicted molar refractivity (Wildman–Crippen MR) is 97.1 cm³/mol. The molecule has 0 aliphatic rings. The first-order valence-electron chi connectivity index (χ1n) is 7.20. The first-order chi connectivity index (χ1) is 12.8. The molecule has 0 N–H and O–H groups in total. The molecule has 14 heteroatoms. The fourth-order valence-corrected chi connectivity index (χ4v) is 8.34. The van der Waals surface area contributed by atoms with Gasteiger partial charge in [0.15, 0.2) is 0 Å². The number of rotatable bonds is 5. The monoisotopic (exact) mass is 548 g/mol. The summed E-state index contributed by atoms with van der Waals surface area (Å²) in [5.41, 5.74) is 0. The van der Waals surface area contributed by atoms with Gasteiger partial charge in [-0.25, -0.2) is 0 Å². The largest absolute Gasteiger partial charge is 0.673 e. The first-order valence-corrected chi connectivity index (χ1v) is 13.2. The Kier molecular flexibility index (Phi) is 12.4. The van der Waals surface area contributed by atoms with Gasteiger partial charge in [-0.1, -0.05) is 0 Å². The van der Waals surface area contributed by atoms with Crippen LogP contribution in [0.2, 0.25) is 0 Å². The summed E-state index contributed by atoms with van der Waals surface area (Å²) in [6.45, 7) is 0. The Morgan fingerprint density at radius 2 is 0.821 bits per heavy atom.